The van der Waals surface area contributed by atoms with E-state index >= 15 is 0 Å². The first-order valence-electron chi connectivity index (χ1n) is 9.86. The van der Waals surface area contributed by atoms with Crippen molar-refractivity contribution < 1.29 is 19.1 Å². The van der Waals surface area contributed by atoms with Gasteiger partial charge in [0.25, 0.3) is 5.91 Å². The Morgan fingerprint density at radius 3 is 2.68 bits per heavy atom. The van der Waals surface area contributed by atoms with Gasteiger partial charge in [0.1, 0.15) is 6.54 Å². The molecule has 1 unspecified atom stereocenters. The van der Waals surface area contributed by atoms with Gasteiger partial charge in [0.05, 0.1) is 17.2 Å². The van der Waals surface area contributed by atoms with E-state index in [4.69, 9.17) is 16.3 Å². The molecule has 1 aliphatic heterocycles. The number of rotatable bonds is 4. The number of nitrogens with zero attached hydrogens (tertiary/aromatic N) is 2. The highest BCUT2D eigenvalue weighted by atomic mass is 79.9. The number of anilines is 1. The number of fused-ring (bicyclic) bond motifs is 1. The zero-order valence-electron chi connectivity index (χ0n) is 17.2. The number of amides is 3. The summed E-state index contributed by atoms with van der Waals surface area (Å²) in [7, 11) is 0. The van der Waals surface area contributed by atoms with Gasteiger partial charge in [0.15, 0.2) is 0 Å². The van der Waals surface area contributed by atoms with Crippen LogP contribution in [-0.2, 0) is 16.1 Å². The minimum atomic E-state index is -0.500. The molecule has 3 rings (SSSR count). The monoisotopic (exact) mass is 507 g/mol. The molecule has 9 heteroatoms. The van der Waals surface area contributed by atoms with Crippen molar-refractivity contribution in [3.05, 3.63) is 63.1 Å². The number of ether oxygens (including phenoxy) is 1. The van der Waals surface area contributed by atoms with Gasteiger partial charge >= 0.3 is 12.0 Å². The molecule has 0 fully saturated rings. The van der Waals surface area contributed by atoms with Crippen LogP contribution in [0.25, 0.3) is 0 Å². The van der Waals surface area contributed by atoms with E-state index in [0.717, 1.165) is 15.7 Å². The average molecular weight is 509 g/mol. The number of carbonyl (C=O) groups is 3. The molecule has 31 heavy (non-hydrogen) atoms. The molecule has 0 saturated heterocycles. The number of hydrogen-bond donors (Lipinski definition) is 1. The van der Waals surface area contributed by atoms with E-state index in [1.807, 2.05) is 31.2 Å². The number of para-hydroxylation sites is 1. The SMILES string of the molecule is CCOC(=O)CNC(=O)N1Cc2ccccc2N(C(=O)c2ccc(Br)cc2Cl)CC1C. The van der Waals surface area contributed by atoms with Crippen molar-refractivity contribution in [2.45, 2.75) is 26.4 Å². The zero-order chi connectivity index (χ0) is 22.5. The molecule has 0 bridgehead atoms. The van der Waals surface area contributed by atoms with Crippen LogP contribution in [0.2, 0.25) is 5.02 Å². The molecule has 2 aromatic carbocycles. The lowest BCUT2D eigenvalue weighted by Gasteiger charge is -2.29. The highest BCUT2D eigenvalue weighted by Crippen LogP contribution is 2.30. The van der Waals surface area contributed by atoms with Gasteiger partial charge < -0.3 is 19.9 Å². The van der Waals surface area contributed by atoms with Gasteiger partial charge in [-0.15, -0.1) is 0 Å². The van der Waals surface area contributed by atoms with Gasteiger partial charge in [-0.3, -0.25) is 9.59 Å². The molecular weight excluding hydrogens is 486 g/mol. The minimum Gasteiger partial charge on any atom is -0.465 e. The summed E-state index contributed by atoms with van der Waals surface area (Å²) in [4.78, 5) is 41.1. The van der Waals surface area contributed by atoms with Crippen LogP contribution in [0.15, 0.2) is 46.9 Å². The zero-order valence-corrected chi connectivity index (χ0v) is 19.6. The summed E-state index contributed by atoms with van der Waals surface area (Å²) in [5.41, 5.74) is 1.92. The number of benzene rings is 2. The average Bonchev–Trinajstić information content (AvgIpc) is 2.88. The third kappa shape index (κ3) is 5.37. The second-order valence-corrected chi connectivity index (χ2v) is 8.43. The van der Waals surface area contributed by atoms with Crippen LogP contribution in [0.5, 0.6) is 0 Å². The fourth-order valence-electron chi connectivity index (χ4n) is 3.44. The molecule has 1 atom stereocenters. The van der Waals surface area contributed by atoms with Crippen LogP contribution in [0.3, 0.4) is 0 Å². The Morgan fingerprint density at radius 1 is 1.23 bits per heavy atom. The molecule has 3 amide bonds. The topological polar surface area (TPSA) is 79.0 Å². The molecule has 1 aliphatic rings. The second kappa shape index (κ2) is 10.2. The summed E-state index contributed by atoms with van der Waals surface area (Å²) >= 11 is 9.68. The summed E-state index contributed by atoms with van der Waals surface area (Å²) < 4.78 is 5.64. The number of urea groups is 1. The lowest BCUT2D eigenvalue weighted by molar-refractivity contribution is -0.141. The fraction of sp³-hybridized carbons (Fsp3) is 0.318. The first-order chi connectivity index (χ1) is 14.8. The maximum Gasteiger partial charge on any atom is 0.325 e. The third-order valence-corrected chi connectivity index (χ3v) is 5.76. The third-order valence-electron chi connectivity index (χ3n) is 4.96. The molecule has 2 aromatic rings. The van der Waals surface area contributed by atoms with Crippen molar-refractivity contribution in [3.63, 3.8) is 0 Å². The number of halogens is 2. The van der Waals surface area contributed by atoms with Crippen molar-refractivity contribution in [1.29, 1.82) is 0 Å². The predicted molar refractivity (Wildman–Crippen MR) is 122 cm³/mol. The Labute approximate surface area is 194 Å². The maximum atomic E-state index is 13.4. The molecular formula is C22H23BrClN3O4. The van der Waals surface area contributed by atoms with E-state index in [1.54, 1.807) is 34.9 Å². The lowest BCUT2D eigenvalue weighted by atomic mass is 10.1. The van der Waals surface area contributed by atoms with Crippen LogP contribution in [0.4, 0.5) is 10.5 Å². The lowest BCUT2D eigenvalue weighted by Crippen LogP contribution is -2.49. The molecule has 0 spiro atoms. The van der Waals surface area contributed by atoms with E-state index in [9.17, 15) is 14.4 Å². The van der Waals surface area contributed by atoms with Gasteiger partial charge in [0, 0.05) is 29.3 Å². The quantitative estimate of drug-likeness (QED) is 0.627. The van der Waals surface area contributed by atoms with Crippen molar-refractivity contribution in [2.24, 2.45) is 0 Å². The largest absolute Gasteiger partial charge is 0.465 e. The molecule has 0 saturated carbocycles. The van der Waals surface area contributed by atoms with Crippen LogP contribution in [0, 0.1) is 0 Å². The van der Waals surface area contributed by atoms with E-state index in [1.165, 1.54) is 0 Å². The van der Waals surface area contributed by atoms with Crippen molar-refractivity contribution in [1.82, 2.24) is 10.2 Å². The van der Waals surface area contributed by atoms with Crippen molar-refractivity contribution >= 4 is 51.1 Å². The summed E-state index contributed by atoms with van der Waals surface area (Å²) in [6, 6.07) is 11.9. The van der Waals surface area contributed by atoms with E-state index in [0.29, 0.717) is 17.1 Å². The standard InChI is InChI=1S/C22H23BrClN3O4/c1-3-31-20(28)11-25-22(30)26-13-15-6-4-5-7-19(15)27(12-14(26)2)21(29)17-9-8-16(23)10-18(17)24/h4-10,14H,3,11-13H2,1-2H3,(H,25,30). The predicted octanol–water partition coefficient (Wildman–Crippen LogP) is 4.23. The fourth-order valence-corrected chi connectivity index (χ4v) is 4.20. The van der Waals surface area contributed by atoms with Gasteiger partial charge in [-0.1, -0.05) is 45.7 Å². The number of esters is 1. The van der Waals surface area contributed by atoms with E-state index < -0.39 is 12.0 Å². The molecule has 164 valence electrons. The maximum absolute atomic E-state index is 13.4. The second-order valence-electron chi connectivity index (χ2n) is 7.11. The Balaban J connectivity index is 1.87. The molecule has 1 heterocycles. The van der Waals surface area contributed by atoms with Crippen LogP contribution in [0.1, 0.15) is 29.8 Å². The molecule has 7 nitrogen and oxygen atoms in total. The van der Waals surface area contributed by atoms with Gasteiger partial charge in [-0.2, -0.15) is 0 Å². The van der Waals surface area contributed by atoms with Crippen LogP contribution >= 0.6 is 27.5 Å². The van der Waals surface area contributed by atoms with Crippen molar-refractivity contribution in [3.8, 4) is 0 Å². The first-order valence-corrected chi connectivity index (χ1v) is 11.0. The Bertz CT molecular complexity index is 1000. The number of hydrogen-bond acceptors (Lipinski definition) is 4. The Kier molecular flexibility index (Phi) is 7.56. The molecule has 1 N–H and O–H groups in total. The molecule has 0 aliphatic carbocycles. The molecule has 0 radical (unpaired) electrons. The summed E-state index contributed by atoms with van der Waals surface area (Å²) in [6.45, 7) is 4.17. The Hall–Kier alpha value is -2.58. The van der Waals surface area contributed by atoms with Gasteiger partial charge in [-0.25, -0.2) is 4.79 Å². The van der Waals surface area contributed by atoms with Gasteiger partial charge in [-0.05, 0) is 43.7 Å². The van der Waals surface area contributed by atoms with Crippen LogP contribution in [-0.4, -0.2) is 48.5 Å². The summed E-state index contributed by atoms with van der Waals surface area (Å²) in [5, 5.41) is 2.94. The number of nitrogens with one attached hydrogen (secondary N) is 1. The smallest absolute Gasteiger partial charge is 0.325 e. The highest BCUT2D eigenvalue weighted by molar-refractivity contribution is 9.10. The van der Waals surface area contributed by atoms with Crippen LogP contribution < -0.4 is 10.2 Å². The number of carbonyl (C=O) groups excluding carboxylic acids is 3. The van der Waals surface area contributed by atoms with E-state index in [2.05, 4.69) is 21.2 Å². The van der Waals surface area contributed by atoms with E-state index in [-0.39, 0.29) is 31.6 Å². The molecule has 0 aromatic heterocycles. The highest BCUT2D eigenvalue weighted by Gasteiger charge is 2.32. The normalized spacial score (nSPS) is 15.7. The minimum absolute atomic E-state index is 0.214. The van der Waals surface area contributed by atoms with Crippen molar-refractivity contribution in [2.75, 3.05) is 24.6 Å². The summed E-state index contributed by atoms with van der Waals surface area (Å²) in [5.74, 6) is -0.744. The van der Waals surface area contributed by atoms with Gasteiger partial charge in [0.2, 0.25) is 0 Å². The first kappa shape index (κ1) is 23.1. The Morgan fingerprint density at radius 2 is 1.97 bits per heavy atom. The summed E-state index contributed by atoms with van der Waals surface area (Å²) in [6.07, 6.45) is 0.